The zero-order valence-corrected chi connectivity index (χ0v) is 11.5. The second kappa shape index (κ2) is 6.38. The van der Waals surface area contributed by atoms with E-state index in [9.17, 15) is 14.0 Å². The Morgan fingerprint density at radius 3 is 2.75 bits per heavy atom. The number of amides is 1. The summed E-state index contributed by atoms with van der Waals surface area (Å²) in [6, 6.07) is 5.91. The number of halogens is 1. The van der Waals surface area contributed by atoms with E-state index in [-0.39, 0.29) is 23.2 Å². The largest absolute Gasteiger partial charge is 0.351 e. The summed E-state index contributed by atoms with van der Waals surface area (Å²) in [6.07, 6.45) is 0. The molecule has 0 spiro atoms. The van der Waals surface area contributed by atoms with Crippen LogP contribution in [0.5, 0.6) is 0 Å². The standard InChI is InChI=1S/C12H13FN4O2S/c1-17-11(19)15-16-12(17)20-7-10(18)14-6-8-2-4-9(13)5-3-8/h2-5H,6-7H2,1H3,(H,14,18)(H,15,19). The van der Waals surface area contributed by atoms with Crippen molar-refractivity contribution < 1.29 is 9.18 Å². The maximum Gasteiger partial charge on any atom is 0.343 e. The van der Waals surface area contributed by atoms with Gasteiger partial charge in [-0.15, -0.1) is 5.10 Å². The number of nitrogens with one attached hydrogen (secondary N) is 2. The first-order chi connectivity index (χ1) is 9.56. The average Bonchev–Trinajstić information content (AvgIpc) is 2.76. The maximum atomic E-state index is 12.7. The lowest BCUT2D eigenvalue weighted by Gasteiger charge is -2.04. The summed E-state index contributed by atoms with van der Waals surface area (Å²) in [5.41, 5.74) is 0.496. The molecule has 0 radical (unpaired) electrons. The van der Waals surface area contributed by atoms with Crippen LogP contribution >= 0.6 is 11.8 Å². The number of hydrogen-bond acceptors (Lipinski definition) is 4. The summed E-state index contributed by atoms with van der Waals surface area (Å²) >= 11 is 1.16. The molecule has 1 amide bonds. The Balaban J connectivity index is 1.80. The van der Waals surface area contributed by atoms with Gasteiger partial charge >= 0.3 is 5.69 Å². The van der Waals surface area contributed by atoms with Crippen LogP contribution in [0.15, 0.2) is 34.2 Å². The smallest absolute Gasteiger partial charge is 0.343 e. The Morgan fingerprint density at radius 1 is 1.45 bits per heavy atom. The lowest BCUT2D eigenvalue weighted by molar-refractivity contribution is -0.118. The molecule has 8 heteroatoms. The molecule has 0 saturated heterocycles. The molecule has 0 aliphatic heterocycles. The van der Waals surface area contributed by atoms with Crippen LogP contribution in [0.25, 0.3) is 0 Å². The van der Waals surface area contributed by atoms with Crippen molar-refractivity contribution in [2.45, 2.75) is 11.7 Å². The van der Waals surface area contributed by atoms with Gasteiger partial charge in [-0.1, -0.05) is 23.9 Å². The van der Waals surface area contributed by atoms with E-state index in [4.69, 9.17) is 0 Å². The first kappa shape index (κ1) is 14.3. The molecule has 0 aliphatic carbocycles. The van der Waals surface area contributed by atoms with E-state index in [2.05, 4.69) is 15.5 Å². The van der Waals surface area contributed by atoms with E-state index >= 15 is 0 Å². The molecule has 106 valence electrons. The monoisotopic (exact) mass is 296 g/mol. The van der Waals surface area contributed by atoms with Crippen molar-refractivity contribution in [3.63, 3.8) is 0 Å². The predicted octanol–water partition coefficient (Wildman–Crippen LogP) is 0.656. The van der Waals surface area contributed by atoms with Crippen LogP contribution in [0, 0.1) is 5.82 Å². The fourth-order valence-electron chi connectivity index (χ4n) is 1.45. The first-order valence-corrected chi connectivity index (χ1v) is 6.80. The minimum Gasteiger partial charge on any atom is -0.351 e. The van der Waals surface area contributed by atoms with Crippen LogP contribution in [0.4, 0.5) is 4.39 Å². The van der Waals surface area contributed by atoms with Crippen molar-refractivity contribution >= 4 is 17.7 Å². The molecule has 0 unspecified atom stereocenters. The van der Waals surface area contributed by atoms with Gasteiger partial charge in [0, 0.05) is 13.6 Å². The molecule has 1 aromatic carbocycles. The lowest BCUT2D eigenvalue weighted by atomic mass is 10.2. The minimum absolute atomic E-state index is 0.152. The SMILES string of the molecule is Cn1c(SCC(=O)NCc2ccc(F)cc2)n[nH]c1=O. The summed E-state index contributed by atoms with van der Waals surface area (Å²) in [7, 11) is 1.57. The summed E-state index contributed by atoms with van der Waals surface area (Å²) < 4.78 is 14.0. The van der Waals surface area contributed by atoms with Gasteiger partial charge in [-0.3, -0.25) is 9.36 Å². The number of carbonyl (C=O) groups excluding carboxylic acids is 1. The molecule has 2 aromatic rings. The van der Waals surface area contributed by atoms with Crippen LogP contribution in [0.1, 0.15) is 5.56 Å². The van der Waals surface area contributed by atoms with Crippen molar-refractivity contribution in [1.29, 1.82) is 0 Å². The van der Waals surface area contributed by atoms with Crippen molar-refractivity contribution in [2.24, 2.45) is 7.05 Å². The Kier molecular flexibility index (Phi) is 4.57. The summed E-state index contributed by atoms with van der Waals surface area (Å²) in [5.74, 6) is -0.343. The van der Waals surface area contributed by atoms with Crippen molar-refractivity contribution in [2.75, 3.05) is 5.75 Å². The van der Waals surface area contributed by atoms with Gasteiger partial charge in [0.25, 0.3) is 0 Å². The molecule has 6 nitrogen and oxygen atoms in total. The Morgan fingerprint density at radius 2 is 2.15 bits per heavy atom. The molecule has 2 N–H and O–H groups in total. The van der Waals surface area contributed by atoms with Crippen molar-refractivity contribution in [1.82, 2.24) is 20.1 Å². The molecule has 20 heavy (non-hydrogen) atoms. The van der Waals surface area contributed by atoms with Gasteiger partial charge in [0.1, 0.15) is 5.82 Å². The number of H-pyrrole nitrogens is 1. The lowest BCUT2D eigenvalue weighted by Crippen LogP contribution is -2.24. The highest BCUT2D eigenvalue weighted by Gasteiger charge is 2.08. The molecule has 1 heterocycles. The van der Waals surface area contributed by atoms with Gasteiger partial charge in [0.2, 0.25) is 5.91 Å². The Labute approximate surface area is 118 Å². The van der Waals surface area contributed by atoms with E-state index in [0.717, 1.165) is 17.3 Å². The first-order valence-electron chi connectivity index (χ1n) is 5.81. The van der Waals surface area contributed by atoms with Gasteiger partial charge in [-0.25, -0.2) is 14.3 Å². The molecule has 0 aliphatic rings. The van der Waals surface area contributed by atoms with Gasteiger partial charge in [0.05, 0.1) is 5.75 Å². The van der Waals surface area contributed by atoms with E-state index < -0.39 is 0 Å². The summed E-state index contributed by atoms with van der Waals surface area (Å²) in [6.45, 7) is 0.333. The van der Waals surface area contributed by atoms with Crippen LogP contribution in [0.3, 0.4) is 0 Å². The van der Waals surface area contributed by atoms with Gasteiger partial charge in [0.15, 0.2) is 5.16 Å². The second-order valence-corrected chi connectivity index (χ2v) is 5.00. The third kappa shape index (κ3) is 3.70. The minimum atomic E-state index is -0.320. The zero-order valence-electron chi connectivity index (χ0n) is 10.7. The number of rotatable bonds is 5. The number of nitrogens with zero attached hydrogens (tertiary/aromatic N) is 2. The molecular formula is C12H13FN4O2S. The van der Waals surface area contributed by atoms with Crippen LogP contribution in [0.2, 0.25) is 0 Å². The van der Waals surface area contributed by atoms with E-state index in [0.29, 0.717) is 11.7 Å². The van der Waals surface area contributed by atoms with E-state index in [1.165, 1.54) is 16.7 Å². The molecule has 0 fully saturated rings. The highest BCUT2D eigenvalue weighted by atomic mass is 32.2. The molecule has 0 saturated carbocycles. The highest BCUT2D eigenvalue weighted by molar-refractivity contribution is 7.99. The van der Waals surface area contributed by atoms with Gasteiger partial charge in [-0.2, -0.15) is 0 Å². The number of thioether (sulfide) groups is 1. The van der Waals surface area contributed by atoms with Crippen LogP contribution < -0.4 is 11.0 Å². The summed E-state index contributed by atoms with van der Waals surface area (Å²) in [5, 5.41) is 9.23. The number of aromatic amines is 1. The predicted molar refractivity (Wildman–Crippen MR) is 72.8 cm³/mol. The summed E-state index contributed by atoms with van der Waals surface area (Å²) in [4.78, 5) is 22.8. The van der Waals surface area contributed by atoms with Crippen LogP contribution in [-0.4, -0.2) is 26.4 Å². The third-order valence-corrected chi connectivity index (χ3v) is 3.60. The van der Waals surface area contributed by atoms with Gasteiger partial charge in [-0.05, 0) is 17.7 Å². The fourth-order valence-corrected chi connectivity index (χ4v) is 2.19. The molecular weight excluding hydrogens is 283 g/mol. The molecule has 0 bridgehead atoms. The zero-order chi connectivity index (χ0) is 14.5. The molecule has 2 rings (SSSR count). The highest BCUT2D eigenvalue weighted by Crippen LogP contribution is 2.11. The number of hydrogen-bond donors (Lipinski definition) is 2. The molecule has 1 aromatic heterocycles. The Bertz CT molecular complexity index is 650. The topological polar surface area (TPSA) is 79.8 Å². The second-order valence-electron chi connectivity index (χ2n) is 4.06. The number of benzene rings is 1. The van der Waals surface area contributed by atoms with Crippen molar-refractivity contribution in [3.8, 4) is 0 Å². The normalized spacial score (nSPS) is 10.5. The van der Waals surface area contributed by atoms with Crippen molar-refractivity contribution in [3.05, 3.63) is 46.1 Å². The maximum absolute atomic E-state index is 12.7. The van der Waals surface area contributed by atoms with E-state index in [1.807, 2.05) is 0 Å². The van der Waals surface area contributed by atoms with Gasteiger partial charge < -0.3 is 5.32 Å². The number of carbonyl (C=O) groups is 1. The fraction of sp³-hybridized carbons (Fsp3) is 0.250. The Hall–Kier alpha value is -2.09. The quantitative estimate of drug-likeness (QED) is 0.794. The average molecular weight is 296 g/mol. The van der Waals surface area contributed by atoms with Crippen LogP contribution in [-0.2, 0) is 18.4 Å². The van der Waals surface area contributed by atoms with E-state index in [1.54, 1.807) is 19.2 Å². The third-order valence-electron chi connectivity index (χ3n) is 2.57. The molecule has 0 atom stereocenters. The number of aromatic nitrogens is 3.